The molecule has 258 valence electrons. The van der Waals surface area contributed by atoms with Gasteiger partial charge in [-0.3, -0.25) is 9.59 Å². The SMILES string of the molecule is CCCCCCCCC(CCCCCCCC)OC(=O)CCCCC(=O)N1CCc2c(sc(C)c2C(=O)OCCCN(C)C)C1. The van der Waals surface area contributed by atoms with Gasteiger partial charge in [0.25, 0.3) is 0 Å². The fourth-order valence-electron chi connectivity index (χ4n) is 6.15. The van der Waals surface area contributed by atoms with Crippen LogP contribution in [0.5, 0.6) is 0 Å². The quantitative estimate of drug-likeness (QED) is 0.0778. The highest BCUT2D eigenvalue weighted by Gasteiger charge is 2.29. The minimum atomic E-state index is -0.239. The molecule has 8 heteroatoms. The maximum Gasteiger partial charge on any atom is 0.339 e. The number of thiophene rings is 1. The first-order chi connectivity index (χ1) is 21.8. The van der Waals surface area contributed by atoms with Crippen LogP contribution in [-0.2, 0) is 32.0 Å². The molecule has 2 rings (SSSR count). The molecule has 0 saturated heterocycles. The van der Waals surface area contributed by atoms with Crippen LogP contribution in [0.15, 0.2) is 0 Å². The summed E-state index contributed by atoms with van der Waals surface area (Å²) in [6, 6.07) is 0. The van der Waals surface area contributed by atoms with E-state index in [-0.39, 0.29) is 23.9 Å². The van der Waals surface area contributed by atoms with Gasteiger partial charge >= 0.3 is 11.9 Å². The molecule has 1 amide bonds. The predicted molar refractivity (Wildman–Crippen MR) is 186 cm³/mol. The highest BCUT2D eigenvalue weighted by atomic mass is 32.1. The minimum absolute atomic E-state index is 0.0356. The zero-order valence-electron chi connectivity index (χ0n) is 29.4. The van der Waals surface area contributed by atoms with E-state index in [4.69, 9.17) is 9.47 Å². The summed E-state index contributed by atoms with van der Waals surface area (Å²) in [5, 5.41) is 0. The van der Waals surface area contributed by atoms with Crippen LogP contribution in [0.25, 0.3) is 0 Å². The normalized spacial score (nSPS) is 13.0. The number of ether oxygens (including phenoxy) is 2. The molecule has 0 bridgehead atoms. The lowest BCUT2D eigenvalue weighted by Crippen LogP contribution is -2.35. The van der Waals surface area contributed by atoms with Crippen LogP contribution in [0.2, 0.25) is 0 Å². The number of fused-ring (bicyclic) bond motifs is 1. The van der Waals surface area contributed by atoms with Gasteiger partial charge in [0.05, 0.1) is 18.7 Å². The highest BCUT2D eigenvalue weighted by Crippen LogP contribution is 2.33. The van der Waals surface area contributed by atoms with Crippen molar-refractivity contribution in [3.8, 4) is 0 Å². The summed E-state index contributed by atoms with van der Waals surface area (Å²) in [6.45, 7) is 8.91. The maximum absolute atomic E-state index is 13.0. The molecule has 0 atom stereocenters. The maximum atomic E-state index is 13.0. The van der Waals surface area contributed by atoms with Crippen LogP contribution in [0.3, 0.4) is 0 Å². The van der Waals surface area contributed by atoms with Crippen LogP contribution >= 0.6 is 11.3 Å². The molecule has 0 radical (unpaired) electrons. The zero-order valence-corrected chi connectivity index (χ0v) is 30.2. The summed E-state index contributed by atoms with van der Waals surface area (Å²) in [7, 11) is 4.02. The van der Waals surface area contributed by atoms with Crippen molar-refractivity contribution in [1.82, 2.24) is 9.80 Å². The number of esters is 2. The second kappa shape index (κ2) is 23.4. The second-order valence-electron chi connectivity index (χ2n) is 13.2. The number of amides is 1. The van der Waals surface area contributed by atoms with Crippen LogP contribution < -0.4 is 0 Å². The number of nitrogens with zero attached hydrogens (tertiary/aromatic N) is 2. The van der Waals surface area contributed by atoms with Gasteiger partial charge in [-0.25, -0.2) is 4.79 Å². The van der Waals surface area contributed by atoms with Crippen molar-refractivity contribution in [3.63, 3.8) is 0 Å². The molecule has 1 aliphatic heterocycles. The lowest BCUT2D eigenvalue weighted by molar-refractivity contribution is -0.150. The zero-order chi connectivity index (χ0) is 32.9. The average Bonchev–Trinajstić information content (AvgIpc) is 3.35. The Morgan fingerprint density at radius 2 is 1.42 bits per heavy atom. The summed E-state index contributed by atoms with van der Waals surface area (Å²) >= 11 is 1.60. The Kier molecular flexibility index (Phi) is 20.4. The Labute approximate surface area is 278 Å². The lowest BCUT2D eigenvalue weighted by atomic mass is 10.0. The van der Waals surface area contributed by atoms with Crippen molar-refractivity contribution >= 4 is 29.2 Å². The van der Waals surface area contributed by atoms with E-state index in [9.17, 15) is 14.4 Å². The molecule has 45 heavy (non-hydrogen) atoms. The summed E-state index contributed by atoms with van der Waals surface area (Å²) in [5.41, 5.74) is 1.76. The van der Waals surface area contributed by atoms with Crippen molar-refractivity contribution in [1.29, 1.82) is 0 Å². The Balaban J connectivity index is 1.73. The van der Waals surface area contributed by atoms with Gasteiger partial charge in [0.2, 0.25) is 5.91 Å². The van der Waals surface area contributed by atoms with Gasteiger partial charge in [0.1, 0.15) is 6.10 Å². The first-order valence-electron chi connectivity index (χ1n) is 18.2. The Bertz CT molecular complexity index is 976. The number of hydrogen-bond acceptors (Lipinski definition) is 7. The Morgan fingerprint density at radius 1 is 0.822 bits per heavy atom. The number of unbranched alkanes of at least 4 members (excludes halogenated alkanes) is 11. The molecule has 0 unspecified atom stereocenters. The topological polar surface area (TPSA) is 76.2 Å². The second-order valence-corrected chi connectivity index (χ2v) is 14.5. The molecule has 2 heterocycles. The summed E-state index contributed by atoms with van der Waals surface area (Å²) in [5.74, 6) is -0.226. The standard InChI is InChI=1S/C37H64N2O5S/c1-6-8-10-12-14-16-21-31(22-17-15-13-11-9-7-2)44-35(41)24-19-18-23-34(40)39-27-25-32-33(29-39)45-30(3)36(32)37(42)43-28-20-26-38(4)5/h31H,6-29H2,1-5H3. The van der Waals surface area contributed by atoms with Gasteiger partial charge in [-0.15, -0.1) is 11.3 Å². The van der Waals surface area contributed by atoms with Crippen LogP contribution in [0, 0.1) is 6.92 Å². The van der Waals surface area contributed by atoms with Crippen molar-refractivity contribution < 1.29 is 23.9 Å². The average molecular weight is 649 g/mol. The van der Waals surface area contributed by atoms with Gasteiger partial charge in [0.15, 0.2) is 0 Å². The van der Waals surface area contributed by atoms with Gasteiger partial charge in [0, 0.05) is 35.7 Å². The third-order valence-corrected chi connectivity index (χ3v) is 9.98. The number of aryl methyl sites for hydroxylation is 1. The lowest BCUT2D eigenvalue weighted by Gasteiger charge is -2.27. The Hall–Kier alpha value is -1.93. The van der Waals surface area contributed by atoms with E-state index in [1.807, 2.05) is 25.9 Å². The molecule has 0 spiro atoms. The summed E-state index contributed by atoms with van der Waals surface area (Å²) in [6.07, 6.45) is 20.6. The van der Waals surface area contributed by atoms with E-state index in [0.29, 0.717) is 57.4 Å². The predicted octanol–water partition coefficient (Wildman–Crippen LogP) is 9.02. The van der Waals surface area contributed by atoms with Gasteiger partial charge in [-0.2, -0.15) is 0 Å². The summed E-state index contributed by atoms with van der Waals surface area (Å²) in [4.78, 5) is 44.6. The fraction of sp³-hybridized carbons (Fsp3) is 0.811. The van der Waals surface area contributed by atoms with Crippen molar-refractivity contribution in [3.05, 3.63) is 20.9 Å². The third-order valence-electron chi connectivity index (χ3n) is 8.85. The van der Waals surface area contributed by atoms with Crippen molar-refractivity contribution in [2.45, 2.75) is 162 Å². The highest BCUT2D eigenvalue weighted by molar-refractivity contribution is 7.12. The summed E-state index contributed by atoms with van der Waals surface area (Å²) < 4.78 is 11.5. The number of carbonyl (C=O) groups is 3. The molecular weight excluding hydrogens is 584 g/mol. The van der Waals surface area contributed by atoms with Crippen LogP contribution in [0.4, 0.5) is 0 Å². The molecule has 1 aliphatic rings. The van der Waals surface area contributed by atoms with E-state index in [1.165, 1.54) is 64.2 Å². The smallest absolute Gasteiger partial charge is 0.339 e. The molecular formula is C37H64N2O5S. The third kappa shape index (κ3) is 16.0. The molecule has 0 aromatic carbocycles. The molecule has 0 aliphatic carbocycles. The van der Waals surface area contributed by atoms with Crippen LogP contribution in [0.1, 0.15) is 162 Å². The van der Waals surface area contributed by atoms with E-state index in [1.54, 1.807) is 11.3 Å². The monoisotopic (exact) mass is 648 g/mol. The van der Waals surface area contributed by atoms with E-state index in [0.717, 1.165) is 54.0 Å². The van der Waals surface area contributed by atoms with E-state index >= 15 is 0 Å². The molecule has 1 aromatic rings. The van der Waals surface area contributed by atoms with E-state index in [2.05, 4.69) is 18.7 Å². The molecule has 0 N–H and O–H groups in total. The van der Waals surface area contributed by atoms with E-state index < -0.39 is 0 Å². The van der Waals surface area contributed by atoms with Gasteiger partial charge in [-0.1, -0.05) is 78.1 Å². The fourth-order valence-corrected chi connectivity index (χ4v) is 7.38. The number of rotatable bonds is 25. The largest absolute Gasteiger partial charge is 0.462 e. The molecule has 0 fully saturated rings. The molecule has 1 aromatic heterocycles. The van der Waals surface area contributed by atoms with Gasteiger partial charge < -0.3 is 19.3 Å². The molecule has 0 saturated carbocycles. The molecule has 7 nitrogen and oxygen atoms in total. The van der Waals surface area contributed by atoms with Crippen molar-refractivity contribution in [2.24, 2.45) is 0 Å². The minimum Gasteiger partial charge on any atom is -0.462 e. The first kappa shape index (κ1) is 39.2. The first-order valence-corrected chi connectivity index (χ1v) is 19.0. The van der Waals surface area contributed by atoms with Gasteiger partial charge in [-0.05, 0) is 77.9 Å². The van der Waals surface area contributed by atoms with Crippen LogP contribution in [-0.4, -0.2) is 67.5 Å². The van der Waals surface area contributed by atoms with Crippen molar-refractivity contribution in [2.75, 3.05) is 33.8 Å². The number of carbonyl (C=O) groups excluding carboxylic acids is 3. The Morgan fingerprint density at radius 3 is 2.04 bits per heavy atom. The number of hydrogen-bond donors (Lipinski definition) is 0.